The zero-order valence-electron chi connectivity index (χ0n) is 9.77. The second-order valence-electron chi connectivity index (χ2n) is 4.68. The summed E-state index contributed by atoms with van der Waals surface area (Å²) in [4.78, 5) is 10.7. The Morgan fingerprint density at radius 2 is 1.69 bits per heavy atom. The molecule has 1 atom stereocenters. The lowest BCUT2D eigenvalue weighted by atomic mass is 9.88. The molecule has 0 aromatic heterocycles. The third-order valence-electron chi connectivity index (χ3n) is 2.48. The van der Waals surface area contributed by atoms with Crippen LogP contribution in [0.2, 0.25) is 0 Å². The van der Waals surface area contributed by atoms with Crippen LogP contribution in [0.3, 0.4) is 0 Å². The summed E-state index contributed by atoms with van der Waals surface area (Å²) in [6.45, 7) is 12.4. The Hall–Kier alpha value is -0.370. The van der Waals surface area contributed by atoms with Crippen molar-refractivity contribution in [3.63, 3.8) is 0 Å². The van der Waals surface area contributed by atoms with Crippen molar-refractivity contribution in [1.82, 2.24) is 5.32 Å². The Morgan fingerprint density at radius 3 is 1.85 bits per heavy atom. The summed E-state index contributed by atoms with van der Waals surface area (Å²) in [5, 5.41) is 3.44. The van der Waals surface area contributed by atoms with E-state index in [0.717, 1.165) is 12.7 Å². The lowest BCUT2D eigenvalue weighted by molar-refractivity contribution is -0.112. The highest BCUT2D eigenvalue weighted by atomic mass is 16.1. The van der Waals surface area contributed by atoms with E-state index in [-0.39, 0.29) is 17.0 Å². The van der Waals surface area contributed by atoms with Crippen LogP contribution < -0.4 is 5.32 Å². The maximum absolute atomic E-state index is 10.7. The van der Waals surface area contributed by atoms with Gasteiger partial charge in [-0.3, -0.25) is 0 Å². The van der Waals surface area contributed by atoms with Crippen molar-refractivity contribution in [2.75, 3.05) is 0 Å². The molecule has 2 heteroatoms. The van der Waals surface area contributed by atoms with E-state index in [1.54, 1.807) is 0 Å². The first-order valence-electron chi connectivity index (χ1n) is 5.12. The van der Waals surface area contributed by atoms with Gasteiger partial charge in [-0.1, -0.05) is 13.8 Å². The first-order chi connectivity index (χ1) is 5.87. The molecule has 1 rings (SSSR count). The molecule has 0 amide bonds. The van der Waals surface area contributed by atoms with Crippen LogP contribution in [0.25, 0.3) is 0 Å². The maximum Gasteiger partial charge on any atom is 0.124 e. The highest BCUT2D eigenvalue weighted by Crippen LogP contribution is 2.33. The van der Waals surface area contributed by atoms with Gasteiger partial charge in [0.25, 0.3) is 0 Å². The van der Waals surface area contributed by atoms with Gasteiger partial charge in [-0.05, 0) is 34.1 Å². The van der Waals surface area contributed by atoms with E-state index in [2.05, 4.69) is 33.0 Å². The van der Waals surface area contributed by atoms with E-state index in [4.69, 9.17) is 0 Å². The van der Waals surface area contributed by atoms with Crippen molar-refractivity contribution in [3.8, 4) is 0 Å². The minimum Gasteiger partial charge on any atom is -0.306 e. The second kappa shape index (κ2) is 4.23. The second-order valence-corrected chi connectivity index (χ2v) is 4.68. The summed E-state index contributed by atoms with van der Waals surface area (Å²) in [5.41, 5.74) is 0.0975. The standard InChI is InChI=1S/C9H17NO.C2H6/c1-8(2)5-7(6-11)9(3,4)10-8;1-2/h6-7,10H,5H2,1-4H3;1-2H3. The summed E-state index contributed by atoms with van der Waals surface area (Å²) >= 11 is 0. The van der Waals surface area contributed by atoms with E-state index in [9.17, 15) is 4.79 Å². The van der Waals surface area contributed by atoms with Gasteiger partial charge in [0.05, 0.1) is 0 Å². The Bertz CT molecular complexity index is 173. The normalized spacial score (nSPS) is 28.9. The fourth-order valence-electron chi connectivity index (χ4n) is 2.04. The molecule has 78 valence electrons. The molecule has 0 aliphatic carbocycles. The third-order valence-corrected chi connectivity index (χ3v) is 2.48. The van der Waals surface area contributed by atoms with Crippen LogP contribution >= 0.6 is 0 Å². The van der Waals surface area contributed by atoms with Crippen molar-refractivity contribution in [1.29, 1.82) is 0 Å². The topological polar surface area (TPSA) is 29.1 Å². The fourth-order valence-corrected chi connectivity index (χ4v) is 2.04. The molecule has 2 nitrogen and oxygen atoms in total. The van der Waals surface area contributed by atoms with E-state index in [0.29, 0.717) is 0 Å². The number of carbonyl (C=O) groups is 1. The van der Waals surface area contributed by atoms with E-state index in [1.807, 2.05) is 13.8 Å². The Balaban J connectivity index is 0.000000671. The number of nitrogens with one attached hydrogen (secondary N) is 1. The lowest BCUT2D eigenvalue weighted by Crippen LogP contribution is -2.45. The number of rotatable bonds is 1. The van der Waals surface area contributed by atoms with Gasteiger partial charge in [-0.25, -0.2) is 0 Å². The van der Waals surface area contributed by atoms with Crippen LogP contribution in [-0.4, -0.2) is 17.4 Å². The predicted octanol–water partition coefficient (Wildman–Crippen LogP) is 2.38. The molecule has 1 fully saturated rings. The zero-order chi connectivity index (χ0) is 10.7. The quantitative estimate of drug-likeness (QED) is 0.635. The van der Waals surface area contributed by atoms with Gasteiger partial charge in [0, 0.05) is 17.0 Å². The van der Waals surface area contributed by atoms with Gasteiger partial charge in [0.15, 0.2) is 0 Å². The molecule has 1 saturated heterocycles. The molecule has 13 heavy (non-hydrogen) atoms. The van der Waals surface area contributed by atoms with Gasteiger partial charge < -0.3 is 10.1 Å². The van der Waals surface area contributed by atoms with E-state index in [1.165, 1.54) is 0 Å². The minimum absolute atomic E-state index is 0.0226. The van der Waals surface area contributed by atoms with Crippen LogP contribution in [0, 0.1) is 5.92 Å². The van der Waals surface area contributed by atoms with Gasteiger partial charge in [0.1, 0.15) is 6.29 Å². The molecule has 0 aromatic rings. The molecule has 1 aliphatic rings. The van der Waals surface area contributed by atoms with Crippen LogP contribution in [-0.2, 0) is 4.79 Å². The van der Waals surface area contributed by atoms with E-state index >= 15 is 0 Å². The zero-order valence-corrected chi connectivity index (χ0v) is 9.77. The lowest BCUT2D eigenvalue weighted by Gasteiger charge is -2.26. The molecule has 1 unspecified atom stereocenters. The van der Waals surface area contributed by atoms with Crippen LogP contribution in [0.1, 0.15) is 48.0 Å². The van der Waals surface area contributed by atoms with Crippen molar-refractivity contribution in [2.45, 2.75) is 59.0 Å². The average molecular weight is 185 g/mol. The molecular formula is C11H23NO. The summed E-state index contributed by atoms with van der Waals surface area (Å²) in [6.07, 6.45) is 2.02. The predicted molar refractivity (Wildman–Crippen MR) is 56.8 cm³/mol. The van der Waals surface area contributed by atoms with Gasteiger partial charge in [-0.15, -0.1) is 0 Å². The number of hydrogen-bond acceptors (Lipinski definition) is 2. The SMILES string of the molecule is CC.CC1(C)CC(C=O)C(C)(C)N1. The fraction of sp³-hybridized carbons (Fsp3) is 0.909. The molecular weight excluding hydrogens is 162 g/mol. The van der Waals surface area contributed by atoms with Gasteiger partial charge in [-0.2, -0.15) is 0 Å². The number of carbonyl (C=O) groups excluding carboxylic acids is 1. The van der Waals surface area contributed by atoms with Crippen LogP contribution in [0.15, 0.2) is 0 Å². The highest BCUT2D eigenvalue weighted by molar-refractivity contribution is 5.57. The van der Waals surface area contributed by atoms with Crippen LogP contribution in [0.5, 0.6) is 0 Å². The number of hydrogen-bond donors (Lipinski definition) is 1. The molecule has 1 heterocycles. The van der Waals surface area contributed by atoms with Gasteiger partial charge in [0.2, 0.25) is 0 Å². The van der Waals surface area contributed by atoms with Crippen molar-refractivity contribution in [3.05, 3.63) is 0 Å². The Morgan fingerprint density at radius 1 is 1.23 bits per heavy atom. The molecule has 0 spiro atoms. The van der Waals surface area contributed by atoms with Crippen molar-refractivity contribution in [2.24, 2.45) is 5.92 Å². The highest BCUT2D eigenvalue weighted by Gasteiger charge is 2.43. The van der Waals surface area contributed by atoms with Gasteiger partial charge >= 0.3 is 0 Å². The first kappa shape index (κ1) is 12.6. The monoisotopic (exact) mass is 185 g/mol. The Kier molecular flexibility index (Phi) is 4.11. The minimum atomic E-state index is -0.0226. The number of aldehydes is 1. The Labute approximate surface area is 82.1 Å². The van der Waals surface area contributed by atoms with Crippen molar-refractivity contribution >= 4 is 6.29 Å². The summed E-state index contributed by atoms with van der Waals surface area (Å²) in [5.74, 6) is 0.164. The molecule has 0 aromatic carbocycles. The molecule has 0 radical (unpaired) electrons. The maximum atomic E-state index is 10.7. The average Bonchev–Trinajstić information content (AvgIpc) is 2.22. The summed E-state index contributed by atoms with van der Waals surface area (Å²) in [6, 6.07) is 0. The third kappa shape index (κ3) is 3.11. The molecule has 1 N–H and O–H groups in total. The molecule has 0 bridgehead atoms. The summed E-state index contributed by atoms with van der Waals surface area (Å²) < 4.78 is 0. The first-order valence-corrected chi connectivity index (χ1v) is 5.12. The largest absolute Gasteiger partial charge is 0.306 e. The summed E-state index contributed by atoms with van der Waals surface area (Å²) in [7, 11) is 0. The van der Waals surface area contributed by atoms with E-state index < -0.39 is 0 Å². The van der Waals surface area contributed by atoms with Crippen LogP contribution in [0.4, 0.5) is 0 Å². The smallest absolute Gasteiger partial charge is 0.124 e. The molecule has 0 saturated carbocycles. The molecule has 1 aliphatic heterocycles. The van der Waals surface area contributed by atoms with Crippen molar-refractivity contribution < 1.29 is 4.79 Å².